The first-order valence-electron chi connectivity index (χ1n) is 35.4. The zero-order valence-corrected chi connectivity index (χ0v) is 61.0. The van der Waals surface area contributed by atoms with E-state index in [9.17, 15) is 53.4 Å². The van der Waals surface area contributed by atoms with Gasteiger partial charge in [0.05, 0.1) is 23.3 Å². The number of nitrogens with one attached hydrogen (secondary N) is 5. The first kappa shape index (κ1) is 78.3. The van der Waals surface area contributed by atoms with E-state index in [4.69, 9.17) is 38.8 Å². The molecule has 3 aromatic carbocycles. The highest BCUT2D eigenvalue weighted by atomic mass is 16.7. The predicted octanol–water partition coefficient (Wildman–Crippen LogP) is 8.67. The lowest BCUT2D eigenvalue weighted by molar-refractivity contribution is -0.155. The number of piperazine rings is 1. The van der Waals surface area contributed by atoms with Crippen molar-refractivity contribution in [2.45, 2.75) is 157 Å². The highest BCUT2D eigenvalue weighted by molar-refractivity contribution is 6.22. The number of primary amides is 1. The van der Waals surface area contributed by atoms with E-state index in [1.54, 1.807) is 69.3 Å². The Hall–Kier alpha value is -10.8. The SMILES string of the molecule is CO[C@H]1/C=C/O[C@@]2(C)Oc3c(C)c(O)c4c(=O)c(c5oc6cc(N7CCN(C(=O)OCc8ccc(NC(=O)[C@H](CCCNC(N)=O)NC(=O)[C@@H](NC(=O)CCCCCN9C(=O)C=CC9=O)C(C)C)cc8)CC7)cc(O)c6nc-5c4c3C2=O)NC(=O)/C(C)=C\C=C\[C@H](C)C[C@@H](C)C[C@@H](C)[C@H](OC(C)=O)[C@@H]1C. The van der Waals surface area contributed by atoms with Gasteiger partial charge in [-0.2, -0.15) is 0 Å². The quantitative estimate of drug-likeness (QED) is 0.0112. The van der Waals surface area contributed by atoms with Crippen LogP contribution in [-0.2, 0) is 59.1 Å². The van der Waals surface area contributed by atoms with Gasteiger partial charge in [-0.05, 0) is 99.8 Å². The molecular weight excluding hydrogens is 1360 g/mol. The lowest BCUT2D eigenvalue weighted by Gasteiger charge is -2.35. The van der Waals surface area contributed by atoms with Crippen molar-refractivity contribution < 1.29 is 86.3 Å². The third kappa shape index (κ3) is 18.6. The Morgan fingerprint density at radius 2 is 1.57 bits per heavy atom. The maximum absolute atomic E-state index is 15.1. The molecule has 0 radical (unpaired) electrons. The number of hydrogen-bond acceptors (Lipinski definition) is 21. The normalized spacial score (nSPS) is 22.6. The second kappa shape index (κ2) is 34.2. The molecule has 9 amide bonds. The molecule has 1 saturated heterocycles. The van der Waals surface area contributed by atoms with Crippen molar-refractivity contribution in [3.05, 3.63) is 112 Å². The van der Waals surface area contributed by atoms with Gasteiger partial charge in [0.2, 0.25) is 23.2 Å². The van der Waals surface area contributed by atoms with Crippen LogP contribution in [0.2, 0.25) is 0 Å². The number of allylic oxidation sites excluding steroid dienone is 3. The number of hydrogen-bond donors (Lipinski definition) is 8. The Balaban J connectivity index is 0.892. The van der Waals surface area contributed by atoms with E-state index in [-0.39, 0.29) is 157 Å². The molecule has 5 aliphatic heterocycles. The van der Waals surface area contributed by atoms with E-state index in [2.05, 4.69) is 40.4 Å². The number of esters is 1. The van der Waals surface area contributed by atoms with Crippen LogP contribution in [-0.4, -0.2) is 161 Å². The lowest BCUT2D eigenvalue weighted by atomic mass is 9.82. The zero-order valence-electron chi connectivity index (χ0n) is 61.0. The van der Waals surface area contributed by atoms with Crippen LogP contribution in [0.25, 0.3) is 33.3 Å². The second-order valence-electron chi connectivity index (χ2n) is 28.0. The molecule has 0 saturated carbocycles. The molecule has 29 nitrogen and oxygen atoms in total. The van der Waals surface area contributed by atoms with Crippen LogP contribution in [0.1, 0.15) is 135 Å². The molecule has 9 rings (SSSR count). The molecular formula is C76H94N10O19. The van der Waals surface area contributed by atoms with Crippen molar-refractivity contribution in [1.82, 2.24) is 30.7 Å². The molecule has 5 heterocycles. The molecule has 6 aliphatic rings. The molecule has 9 atom stereocenters. The van der Waals surface area contributed by atoms with Gasteiger partial charge < -0.3 is 80.4 Å². The first-order valence-corrected chi connectivity index (χ1v) is 35.4. The minimum Gasteiger partial charge on any atom is -0.507 e. The fourth-order valence-electron chi connectivity index (χ4n) is 13.7. The number of rotatable bonds is 21. The number of aromatic nitrogens is 1. The summed E-state index contributed by atoms with van der Waals surface area (Å²) < 4.78 is 36.6. The molecule has 1 fully saturated rings. The molecule has 0 spiro atoms. The summed E-state index contributed by atoms with van der Waals surface area (Å²) in [6.45, 7) is 18.4. The maximum atomic E-state index is 15.1. The minimum absolute atomic E-state index is 0.00206. The number of ether oxygens (including phenoxy) is 5. The Bertz CT molecular complexity index is 4310. The molecule has 105 heavy (non-hydrogen) atoms. The first-order chi connectivity index (χ1) is 49.9. The number of nitrogens with zero attached hydrogens (tertiary/aromatic N) is 4. The molecule has 1 aliphatic carbocycles. The largest absolute Gasteiger partial charge is 0.507 e. The number of nitrogens with two attached hydrogens (primary N) is 1. The van der Waals surface area contributed by atoms with Crippen molar-refractivity contribution in [2.75, 3.05) is 61.9 Å². The van der Waals surface area contributed by atoms with Gasteiger partial charge in [0, 0.05) is 125 Å². The number of unbranched alkanes of at least 4 members (excludes halogenated alkanes) is 2. The van der Waals surface area contributed by atoms with E-state index >= 15 is 9.59 Å². The van der Waals surface area contributed by atoms with Gasteiger partial charge >= 0.3 is 23.9 Å². The van der Waals surface area contributed by atoms with Crippen LogP contribution < -0.4 is 47.4 Å². The monoisotopic (exact) mass is 1450 g/mol. The molecule has 3 aromatic rings. The minimum atomic E-state index is -2.10. The Labute approximate surface area is 607 Å². The van der Waals surface area contributed by atoms with E-state index < -0.39 is 106 Å². The number of ketones is 1. The number of phenolic OH excluding ortho intramolecular Hbond substituents is 2. The van der Waals surface area contributed by atoms with Gasteiger partial charge in [-0.1, -0.05) is 78.3 Å². The highest BCUT2D eigenvalue weighted by Crippen LogP contribution is 2.51. The Morgan fingerprint density at radius 3 is 2.24 bits per heavy atom. The van der Waals surface area contributed by atoms with E-state index in [1.165, 1.54) is 57.3 Å². The molecule has 29 heteroatoms. The number of amides is 9. The number of Topliss-reactive ketones (excluding diaryl/α,β-unsaturated/α-hetero) is 1. The van der Waals surface area contributed by atoms with E-state index in [1.807, 2.05) is 24.8 Å². The van der Waals surface area contributed by atoms with Gasteiger partial charge in [0.25, 0.3) is 23.5 Å². The summed E-state index contributed by atoms with van der Waals surface area (Å²) in [5, 5.41) is 36.9. The van der Waals surface area contributed by atoms with Crippen LogP contribution >= 0.6 is 0 Å². The van der Waals surface area contributed by atoms with Crippen molar-refractivity contribution in [3.8, 4) is 28.7 Å². The number of methoxy groups -OCH3 is 1. The number of carbonyl (C=O) groups is 10. The second-order valence-corrected chi connectivity index (χ2v) is 28.0. The number of benzene rings is 4. The number of phenols is 2. The van der Waals surface area contributed by atoms with Crippen LogP contribution in [0.15, 0.2) is 93.9 Å². The zero-order chi connectivity index (χ0) is 76.3. The van der Waals surface area contributed by atoms with Gasteiger partial charge in [0.1, 0.15) is 58.9 Å². The van der Waals surface area contributed by atoms with Crippen LogP contribution in [0.4, 0.5) is 26.7 Å². The van der Waals surface area contributed by atoms with Crippen LogP contribution in [0, 0.1) is 36.5 Å². The van der Waals surface area contributed by atoms with Crippen molar-refractivity contribution in [1.29, 1.82) is 0 Å². The number of fused-ring (bicyclic) bond motifs is 2. The van der Waals surface area contributed by atoms with Crippen molar-refractivity contribution >= 4 is 98.3 Å². The number of urea groups is 1. The third-order valence-electron chi connectivity index (χ3n) is 19.4. The van der Waals surface area contributed by atoms with Gasteiger partial charge in [-0.15, -0.1) is 0 Å². The lowest BCUT2D eigenvalue weighted by Crippen LogP contribution is -2.54. The fourth-order valence-corrected chi connectivity index (χ4v) is 13.7. The average Bonchev–Trinajstić information content (AvgIpc) is 1.64. The summed E-state index contributed by atoms with van der Waals surface area (Å²) >= 11 is 0. The maximum Gasteiger partial charge on any atom is 0.410 e. The molecule has 0 unspecified atom stereocenters. The summed E-state index contributed by atoms with van der Waals surface area (Å²) in [7, 11) is 1.50. The average molecular weight is 1450 g/mol. The van der Waals surface area contributed by atoms with Gasteiger partial charge in [-0.25, -0.2) is 14.6 Å². The smallest absolute Gasteiger partial charge is 0.410 e. The van der Waals surface area contributed by atoms with Crippen molar-refractivity contribution in [2.24, 2.45) is 35.3 Å². The molecule has 562 valence electrons. The third-order valence-corrected chi connectivity index (χ3v) is 19.4. The number of anilines is 3. The summed E-state index contributed by atoms with van der Waals surface area (Å²) in [4.78, 5) is 156. The topological polar surface area (TPSA) is 396 Å². The molecule has 4 bridgehead atoms. The number of carbonyl (C=O) groups excluding carboxylic acids is 10. The highest BCUT2D eigenvalue weighted by Gasteiger charge is 2.50. The van der Waals surface area contributed by atoms with E-state index in [0.717, 1.165) is 11.3 Å². The Morgan fingerprint density at radius 1 is 0.867 bits per heavy atom. The molecule has 0 aromatic heterocycles. The fraction of sp³-hybridized carbons (Fsp3) is 0.474. The van der Waals surface area contributed by atoms with Gasteiger partial charge in [0.15, 0.2) is 11.3 Å². The Kier molecular flexibility index (Phi) is 25.5. The van der Waals surface area contributed by atoms with Crippen molar-refractivity contribution in [3.63, 3.8) is 0 Å². The summed E-state index contributed by atoms with van der Waals surface area (Å²) in [6.07, 6.45) is 12.1. The summed E-state index contributed by atoms with van der Waals surface area (Å²) in [6, 6.07) is 6.63. The predicted molar refractivity (Wildman–Crippen MR) is 389 cm³/mol. The standard InChI is InChI=1S/C76H94N10O19/c1-40(2)61(81-55(89)20-13-12-14-29-86-56(90)25-26-57(86)91)73(97)80-51(19-16-28-78-74(77)98)72(96)79-49-23-21-48(22-24-49)39-101-75(99)85-32-30-84(31-33-85)50-37-52(88)62-54(38-50)104-69-63(82-62)58-59-65(92)46(8)68-60(58)70(94)76(10,105-68)102-34-27-53(100-11)45(7)67(103-47(9)87)44(6)36-42(4)35-41(3)17-15-18-43(5)71(95)83-64(69)66(59)93/h15,17-18,21-27,34,37-38,40-42,44-45,51,53,61,67,88,92H,12-14,16,19-20,28-33,35-36,39H2,1-11H3,(H,79,96)(H,80,97)(H,81,89)(H,83,95)(H3,77,78,98)/b17-15+,34-27+,43-18-/t41-,42+,44+,45+,51-,53-,61-,67-,76-/m0/s1. The van der Waals surface area contributed by atoms with Crippen LogP contribution in [0.3, 0.4) is 0 Å². The number of imide groups is 1. The van der Waals surface area contributed by atoms with Gasteiger partial charge in [-0.3, -0.25) is 48.1 Å². The summed E-state index contributed by atoms with van der Waals surface area (Å²) in [5.41, 5.74) is 4.93. The molecule has 9 N–H and O–H groups in total. The van der Waals surface area contributed by atoms with E-state index in [0.29, 0.717) is 42.6 Å². The summed E-state index contributed by atoms with van der Waals surface area (Å²) in [5.74, 6) is -8.41. The number of aromatic hydroxyl groups is 2. The van der Waals surface area contributed by atoms with Crippen LogP contribution in [0.5, 0.6) is 17.2 Å².